The molecule has 0 radical (unpaired) electrons. The summed E-state index contributed by atoms with van der Waals surface area (Å²) in [6.07, 6.45) is 1.04. The number of likely N-dealkylation sites (tertiary alicyclic amines) is 1. The molecule has 3 aromatic rings. The third-order valence-corrected chi connectivity index (χ3v) is 8.57. The lowest BCUT2D eigenvalue weighted by atomic mass is 9.92. The van der Waals surface area contributed by atoms with E-state index in [1.54, 1.807) is 4.57 Å². The molecule has 0 amide bonds. The Morgan fingerprint density at radius 3 is 2.45 bits per heavy atom. The minimum atomic E-state index is -4.69. The van der Waals surface area contributed by atoms with Gasteiger partial charge in [0.25, 0.3) is 0 Å². The van der Waals surface area contributed by atoms with Gasteiger partial charge in [-0.25, -0.2) is 27.7 Å². The number of piperidine rings is 1. The molecule has 0 aliphatic carbocycles. The summed E-state index contributed by atoms with van der Waals surface area (Å²) < 4.78 is 67.9. The lowest BCUT2D eigenvalue weighted by Crippen LogP contribution is -2.42. The lowest BCUT2D eigenvalue weighted by Gasteiger charge is -2.36. The van der Waals surface area contributed by atoms with Crippen molar-refractivity contribution in [1.82, 2.24) is 28.7 Å². The average Bonchev–Trinajstić information content (AvgIpc) is 3.31. The highest BCUT2D eigenvalue weighted by Gasteiger charge is 2.36. The number of alkyl halides is 3. The molecule has 1 N–H and O–H groups in total. The van der Waals surface area contributed by atoms with Crippen LogP contribution in [0.3, 0.4) is 0 Å². The number of nitrogens with one attached hydrogen (secondary N) is 1. The maximum Gasteiger partial charge on any atom is 0.420 e. The van der Waals surface area contributed by atoms with Crippen LogP contribution >= 0.6 is 11.6 Å². The number of halogens is 4. The Balaban J connectivity index is 1.39. The molecule has 1 aromatic carbocycles. The van der Waals surface area contributed by atoms with Crippen LogP contribution in [0.15, 0.2) is 36.9 Å². The Kier molecular flexibility index (Phi) is 7.14. The van der Waals surface area contributed by atoms with Crippen molar-refractivity contribution < 1.29 is 21.6 Å². The van der Waals surface area contributed by atoms with E-state index in [2.05, 4.69) is 25.2 Å². The van der Waals surface area contributed by atoms with Gasteiger partial charge in [0.05, 0.1) is 17.0 Å². The van der Waals surface area contributed by atoms with Gasteiger partial charge in [-0.3, -0.25) is 0 Å². The molecule has 2 aromatic heterocycles. The summed E-state index contributed by atoms with van der Waals surface area (Å²) in [5.74, 6) is 0.429. The predicted octanol–water partition coefficient (Wildman–Crippen LogP) is 3.87. The van der Waals surface area contributed by atoms with Gasteiger partial charge in [-0.15, -0.1) is 0 Å². The quantitative estimate of drug-likeness (QED) is 0.481. The van der Waals surface area contributed by atoms with Crippen molar-refractivity contribution in [1.29, 1.82) is 0 Å². The van der Waals surface area contributed by atoms with Gasteiger partial charge in [0.1, 0.15) is 23.3 Å². The minimum Gasteiger partial charge on any atom is -0.351 e. The first-order valence-electron chi connectivity index (χ1n) is 12.1. The predicted molar refractivity (Wildman–Crippen MR) is 138 cm³/mol. The third-order valence-electron chi connectivity index (χ3n) is 6.96. The molecule has 2 aliphatic rings. The second-order valence-corrected chi connectivity index (χ2v) is 12.2. The molecule has 2 aliphatic heterocycles. The van der Waals surface area contributed by atoms with E-state index in [-0.39, 0.29) is 23.4 Å². The first-order chi connectivity index (χ1) is 17.9. The van der Waals surface area contributed by atoms with Gasteiger partial charge in [0.15, 0.2) is 0 Å². The number of hydrogen-bond acceptors (Lipinski definition) is 7. The summed E-state index contributed by atoms with van der Waals surface area (Å²) in [4.78, 5) is 14.5. The number of anilines is 1. The summed E-state index contributed by atoms with van der Waals surface area (Å²) in [5.41, 5.74) is 0.379. The fourth-order valence-electron chi connectivity index (χ4n) is 4.84. The minimum absolute atomic E-state index is 0.0215. The summed E-state index contributed by atoms with van der Waals surface area (Å²) in [5, 5.41) is 3.52. The normalized spacial score (nSPS) is 18.5. The van der Waals surface area contributed by atoms with Crippen molar-refractivity contribution in [3.63, 3.8) is 0 Å². The van der Waals surface area contributed by atoms with E-state index >= 15 is 0 Å². The van der Waals surface area contributed by atoms with E-state index in [1.807, 2.05) is 25.2 Å². The number of hydrogen-bond donors (Lipinski definition) is 1. The van der Waals surface area contributed by atoms with Crippen molar-refractivity contribution in [2.24, 2.45) is 0 Å². The number of nitrogens with zero attached hydrogens (tertiary/aromatic N) is 6. The topological polar surface area (TPSA) is 96.3 Å². The van der Waals surface area contributed by atoms with Crippen LogP contribution in [-0.2, 0) is 16.2 Å². The lowest BCUT2D eigenvalue weighted by molar-refractivity contribution is -0.137. The maximum absolute atomic E-state index is 13.8. The Bertz CT molecular complexity index is 1430. The van der Waals surface area contributed by atoms with Crippen molar-refractivity contribution >= 4 is 27.6 Å². The Morgan fingerprint density at radius 1 is 1.13 bits per heavy atom. The molecule has 4 heterocycles. The molecule has 0 saturated carbocycles. The van der Waals surface area contributed by atoms with Gasteiger partial charge in [0.2, 0.25) is 16.0 Å². The van der Waals surface area contributed by atoms with Crippen LogP contribution in [0.4, 0.5) is 19.1 Å². The molecule has 38 heavy (non-hydrogen) atoms. The van der Waals surface area contributed by atoms with Gasteiger partial charge in [-0.05, 0) is 37.6 Å². The number of aromatic nitrogens is 4. The summed E-state index contributed by atoms with van der Waals surface area (Å²) in [7, 11) is -1.24. The first kappa shape index (κ1) is 26.9. The van der Waals surface area contributed by atoms with Crippen LogP contribution in [0.25, 0.3) is 17.1 Å². The Hall–Kier alpha value is -2.74. The van der Waals surface area contributed by atoms with E-state index < -0.39 is 21.8 Å². The van der Waals surface area contributed by atoms with Gasteiger partial charge < -0.3 is 14.8 Å². The third kappa shape index (κ3) is 5.65. The van der Waals surface area contributed by atoms with Crippen molar-refractivity contribution in [2.75, 3.05) is 44.8 Å². The molecule has 204 valence electrons. The molecule has 0 atom stereocenters. The van der Waals surface area contributed by atoms with Gasteiger partial charge in [-0.1, -0.05) is 17.7 Å². The molecule has 14 heteroatoms. The molecule has 0 unspecified atom stereocenters. The molecule has 9 nitrogen and oxygen atoms in total. The van der Waals surface area contributed by atoms with Crippen LogP contribution < -0.4 is 5.32 Å². The maximum atomic E-state index is 13.8. The number of sulfonamides is 1. The van der Waals surface area contributed by atoms with Gasteiger partial charge in [-0.2, -0.15) is 13.2 Å². The summed E-state index contributed by atoms with van der Waals surface area (Å²) >= 11 is 6.54. The molecule has 0 spiro atoms. The zero-order valence-corrected chi connectivity index (χ0v) is 22.4. The molecular formula is C24H27ClF3N7O2S. The van der Waals surface area contributed by atoms with E-state index in [9.17, 15) is 21.6 Å². The first-order valence-corrected chi connectivity index (χ1v) is 14.3. The Morgan fingerprint density at radius 2 is 1.84 bits per heavy atom. The molecule has 5 rings (SSSR count). The smallest absolute Gasteiger partial charge is 0.351 e. The number of rotatable bonds is 6. The number of benzene rings is 1. The van der Waals surface area contributed by atoms with Crippen LogP contribution in [0.5, 0.6) is 0 Å². The average molecular weight is 570 g/mol. The largest absolute Gasteiger partial charge is 0.420 e. The van der Waals surface area contributed by atoms with E-state index in [0.717, 1.165) is 31.1 Å². The van der Waals surface area contributed by atoms with Gasteiger partial charge >= 0.3 is 6.18 Å². The zero-order valence-electron chi connectivity index (χ0n) is 20.8. The van der Waals surface area contributed by atoms with E-state index in [4.69, 9.17) is 11.6 Å². The van der Waals surface area contributed by atoms with Crippen LogP contribution in [-0.4, -0.2) is 82.7 Å². The van der Waals surface area contributed by atoms with Crippen molar-refractivity contribution in [3.8, 4) is 17.1 Å². The second kappa shape index (κ2) is 10.1. The molecule has 2 saturated heterocycles. The second-order valence-electron chi connectivity index (χ2n) is 9.83. The monoisotopic (exact) mass is 569 g/mol. The summed E-state index contributed by atoms with van der Waals surface area (Å²) in [6.45, 7) is 2.52. The molecular weight excluding hydrogens is 543 g/mol. The Labute approximate surface area is 223 Å². The van der Waals surface area contributed by atoms with Crippen LogP contribution in [0.1, 0.15) is 29.9 Å². The SMILES string of the molecule is CN1CC(c2ccc(-n3cnc(-c4nc(NC5CCN(S(C)(=O)=O)CC5)ncc4C(F)(F)F)c3)c(Cl)c2)C1. The summed E-state index contributed by atoms with van der Waals surface area (Å²) in [6, 6.07) is 5.52. The van der Waals surface area contributed by atoms with E-state index in [0.29, 0.717) is 42.6 Å². The standard InChI is InChI=1S/C24H27ClF3N7O2S/c1-33-11-16(12-33)15-3-4-21(19(25)9-15)34-13-20(30-14-34)22-18(24(26,27)28)10-29-23(32-22)31-17-5-7-35(8-6-17)38(2,36)37/h3-4,9-10,13-14,16-17H,5-8,11-12H2,1-2H3,(H,29,31,32). The van der Waals surface area contributed by atoms with Crippen LogP contribution in [0, 0.1) is 0 Å². The number of likely N-dealkylation sites (N-methyl/N-ethyl adjacent to an activating group) is 1. The van der Waals surface area contributed by atoms with Crippen molar-refractivity contribution in [3.05, 3.63) is 53.1 Å². The molecule has 0 bridgehead atoms. The van der Waals surface area contributed by atoms with E-state index in [1.165, 1.54) is 16.8 Å². The van der Waals surface area contributed by atoms with Gasteiger partial charge in [0, 0.05) is 50.5 Å². The number of imidazole rings is 1. The highest BCUT2D eigenvalue weighted by molar-refractivity contribution is 7.88. The fraction of sp³-hybridized carbons (Fsp3) is 0.458. The zero-order chi connectivity index (χ0) is 27.2. The highest BCUT2D eigenvalue weighted by Crippen LogP contribution is 2.36. The van der Waals surface area contributed by atoms with Crippen molar-refractivity contribution in [2.45, 2.75) is 31.0 Å². The molecule has 2 fully saturated rings. The van der Waals surface area contributed by atoms with Crippen LogP contribution in [0.2, 0.25) is 5.02 Å². The fourth-order valence-corrected chi connectivity index (χ4v) is 6.00. The highest BCUT2D eigenvalue weighted by atomic mass is 35.5.